The highest BCUT2D eigenvalue weighted by atomic mass is 16.4. The normalized spacial score (nSPS) is 23.0. The van der Waals surface area contributed by atoms with Crippen molar-refractivity contribution in [2.45, 2.75) is 70.3 Å². The molecule has 2 saturated carbocycles. The number of aliphatic carboxylic acids is 1. The van der Waals surface area contributed by atoms with Crippen LogP contribution in [0.2, 0.25) is 0 Å². The lowest BCUT2D eigenvalue weighted by molar-refractivity contribution is -0.151. The maximum atomic E-state index is 11.8. The van der Waals surface area contributed by atoms with E-state index in [-0.39, 0.29) is 0 Å². The fourth-order valence-electron chi connectivity index (χ4n) is 3.88. The van der Waals surface area contributed by atoms with Crippen LogP contribution in [-0.4, -0.2) is 25.8 Å². The van der Waals surface area contributed by atoms with Gasteiger partial charge in [-0.3, -0.25) is 4.79 Å². The number of aromatic nitrogens is 3. The molecular formula is C15H23N3O2. The van der Waals surface area contributed by atoms with Gasteiger partial charge < -0.3 is 9.67 Å². The van der Waals surface area contributed by atoms with Gasteiger partial charge in [0, 0.05) is 12.5 Å². The zero-order chi connectivity index (χ0) is 14.0. The third kappa shape index (κ3) is 2.45. The Morgan fingerprint density at radius 2 is 1.95 bits per heavy atom. The highest BCUT2D eigenvalue weighted by molar-refractivity contribution is 5.75. The van der Waals surface area contributed by atoms with Crippen LogP contribution in [0.3, 0.4) is 0 Å². The second kappa shape index (κ2) is 5.54. The molecule has 0 bridgehead atoms. The van der Waals surface area contributed by atoms with Crippen LogP contribution in [0.15, 0.2) is 6.33 Å². The molecule has 1 aromatic heterocycles. The van der Waals surface area contributed by atoms with Crippen molar-refractivity contribution in [3.8, 4) is 0 Å². The van der Waals surface area contributed by atoms with Gasteiger partial charge in [-0.25, -0.2) is 0 Å². The highest BCUT2D eigenvalue weighted by Crippen LogP contribution is 2.40. The minimum Gasteiger partial charge on any atom is -0.481 e. The van der Waals surface area contributed by atoms with Crippen LogP contribution in [0.4, 0.5) is 0 Å². The van der Waals surface area contributed by atoms with E-state index in [0.717, 1.165) is 37.9 Å². The van der Waals surface area contributed by atoms with E-state index in [1.807, 2.05) is 0 Å². The number of rotatable bonds is 4. The Morgan fingerprint density at radius 3 is 2.60 bits per heavy atom. The van der Waals surface area contributed by atoms with E-state index >= 15 is 0 Å². The Kier molecular flexibility index (Phi) is 3.76. The Balaban J connectivity index is 1.82. The standard InChI is InChI=1S/C15H23N3O2/c19-14(20)15(8-4-1-5-9-15)10-13-17-16-11-18(13)12-6-2-3-7-12/h11-12H,1-10H2,(H,19,20). The highest BCUT2D eigenvalue weighted by Gasteiger charge is 2.41. The first-order chi connectivity index (χ1) is 9.71. The zero-order valence-corrected chi connectivity index (χ0v) is 11.9. The second-order valence-electron chi connectivity index (χ2n) is 6.42. The molecule has 2 fully saturated rings. The molecule has 0 aliphatic heterocycles. The van der Waals surface area contributed by atoms with E-state index in [1.165, 1.54) is 25.7 Å². The van der Waals surface area contributed by atoms with Crippen molar-refractivity contribution >= 4 is 5.97 Å². The average molecular weight is 277 g/mol. The van der Waals surface area contributed by atoms with Gasteiger partial charge in [0.15, 0.2) is 0 Å². The van der Waals surface area contributed by atoms with Crippen molar-refractivity contribution in [1.29, 1.82) is 0 Å². The van der Waals surface area contributed by atoms with Crippen LogP contribution in [-0.2, 0) is 11.2 Å². The first kappa shape index (κ1) is 13.6. The fraction of sp³-hybridized carbons (Fsp3) is 0.800. The van der Waals surface area contributed by atoms with Crippen molar-refractivity contribution in [3.63, 3.8) is 0 Å². The third-order valence-electron chi connectivity index (χ3n) is 5.13. The van der Waals surface area contributed by atoms with Gasteiger partial charge >= 0.3 is 5.97 Å². The van der Waals surface area contributed by atoms with Crippen LogP contribution >= 0.6 is 0 Å². The summed E-state index contributed by atoms with van der Waals surface area (Å²) in [6.07, 6.45) is 11.9. The van der Waals surface area contributed by atoms with Crippen LogP contribution in [0, 0.1) is 5.41 Å². The predicted octanol–water partition coefficient (Wildman–Crippen LogP) is 2.97. The van der Waals surface area contributed by atoms with Crippen molar-refractivity contribution in [2.24, 2.45) is 5.41 Å². The molecule has 0 saturated heterocycles. The van der Waals surface area contributed by atoms with E-state index in [4.69, 9.17) is 0 Å². The van der Waals surface area contributed by atoms with Gasteiger partial charge in [-0.15, -0.1) is 10.2 Å². The monoisotopic (exact) mass is 277 g/mol. The summed E-state index contributed by atoms with van der Waals surface area (Å²) < 4.78 is 2.15. The summed E-state index contributed by atoms with van der Waals surface area (Å²) in [6, 6.07) is 0.481. The molecule has 5 heteroatoms. The Bertz CT molecular complexity index is 471. The molecule has 0 unspecified atom stereocenters. The molecule has 0 spiro atoms. The molecule has 1 N–H and O–H groups in total. The van der Waals surface area contributed by atoms with Crippen molar-refractivity contribution < 1.29 is 9.90 Å². The number of hydrogen-bond acceptors (Lipinski definition) is 3. The maximum absolute atomic E-state index is 11.8. The molecule has 2 aliphatic carbocycles. The molecule has 20 heavy (non-hydrogen) atoms. The number of carbonyl (C=O) groups is 1. The molecule has 3 rings (SSSR count). The second-order valence-corrected chi connectivity index (χ2v) is 6.42. The summed E-state index contributed by atoms with van der Waals surface area (Å²) >= 11 is 0. The first-order valence-electron chi connectivity index (χ1n) is 7.83. The van der Waals surface area contributed by atoms with Gasteiger partial charge in [0.1, 0.15) is 12.2 Å². The van der Waals surface area contributed by atoms with Crippen LogP contribution < -0.4 is 0 Å². The Labute approximate surface area is 119 Å². The minimum atomic E-state index is -0.654. The van der Waals surface area contributed by atoms with Crippen molar-refractivity contribution in [2.75, 3.05) is 0 Å². The third-order valence-corrected chi connectivity index (χ3v) is 5.13. The molecule has 0 atom stereocenters. The lowest BCUT2D eigenvalue weighted by Gasteiger charge is -2.33. The van der Waals surface area contributed by atoms with Crippen LogP contribution in [0.25, 0.3) is 0 Å². The van der Waals surface area contributed by atoms with Gasteiger partial charge in [0.05, 0.1) is 5.41 Å². The first-order valence-corrected chi connectivity index (χ1v) is 7.83. The lowest BCUT2D eigenvalue weighted by atomic mass is 9.71. The van der Waals surface area contributed by atoms with Crippen LogP contribution in [0.5, 0.6) is 0 Å². The summed E-state index contributed by atoms with van der Waals surface area (Å²) in [4.78, 5) is 11.8. The molecule has 1 aromatic rings. The molecule has 2 aliphatic rings. The van der Waals surface area contributed by atoms with Gasteiger partial charge in [-0.1, -0.05) is 32.1 Å². The van der Waals surface area contributed by atoms with Gasteiger partial charge in [-0.05, 0) is 25.7 Å². The van der Waals surface area contributed by atoms with E-state index in [1.54, 1.807) is 6.33 Å². The summed E-state index contributed by atoms with van der Waals surface area (Å²) in [5, 5.41) is 18.0. The number of hydrogen-bond donors (Lipinski definition) is 1. The van der Waals surface area contributed by atoms with Gasteiger partial charge in [0.2, 0.25) is 0 Å². The SMILES string of the molecule is O=C(O)C1(Cc2nncn2C2CCCC2)CCCCC1. The lowest BCUT2D eigenvalue weighted by Crippen LogP contribution is -2.36. The van der Waals surface area contributed by atoms with Crippen molar-refractivity contribution in [1.82, 2.24) is 14.8 Å². The Morgan fingerprint density at radius 1 is 1.25 bits per heavy atom. The Hall–Kier alpha value is -1.39. The average Bonchev–Trinajstić information content (AvgIpc) is 3.10. The number of carboxylic acid groups (broad SMARTS) is 1. The van der Waals surface area contributed by atoms with Gasteiger partial charge in [0.25, 0.3) is 0 Å². The van der Waals surface area contributed by atoms with Crippen molar-refractivity contribution in [3.05, 3.63) is 12.2 Å². The molecule has 5 nitrogen and oxygen atoms in total. The zero-order valence-electron chi connectivity index (χ0n) is 11.9. The smallest absolute Gasteiger partial charge is 0.310 e. The van der Waals surface area contributed by atoms with E-state index in [2.05, 4.69) is 14.8 Å². The summed E-state index contributed by atoms with van der Waals surface area (Å²) in [5.74, 6) is 0.222. The van der Waals surface area contributed by atoms with Crippen LogP contribution in [0.1, 0.15) is 69.7 Å². The minimum absolute atomic E-state index is 0.481. The molecule has 110 valence electrons. The van der Waals surface area contributed by atoms with E-state index < -0.39 is 11.4 Å². The summed E-state index contributed by atoms with van der Waals surface area (Å²) in [7, 11) is 0. The molecule has 1 heterocycles. The largest absolute Gasteiger partial charge is 0.481 e. The quantitative estimate of drug-likeness (QED) is 0.918. The van der Waals surface area contributed by atoms with E-state index in [9.17, 15) is 9.90 Å². The number of nitrogens with zero attached hydrogens (tertiary/aromatic N) is 3. The maximum Gasteiger partial charge on any atom is 0.310 e. The number of carboxylic acids is 1. The molecular weight excluding hydrogens is 254 g/mol. The topological polar surface area (TPSA) is 68.0 Å². The molecule has 0 amide bonds. The fourth-order valence-corrected chi connectivity index (χ4v) is 3.88. The summed E-state index contributed by atoms with van der Waals surface area (Å²) in [5.41, 5.74) is -0.609. The van der Waals surface area contributed by atoms with Gasteiger partial charge in [-0.2, -0.15) is 0 Å². The van der Waals surface area contributed by atoms with E-state index in [0.29, 0.717) is 12.5 Å². The molecule has 0 aromatic carbocycles. The summed E-state index contributed by atoms with van der Waals surface area (Å²) in [6.45, 7) is 0. The predicted molar refractivity (Wildman–Crippen MR) is 74.4 cm³/mol. The molecule has 0 radical (unpaired) electrons.